The van der Waals surface area contributed by atoms with Crippen LogP contribution in [0.25, 0.3) is 0 Å². The number of imide groups is 1. The number of aromatic nitrogens is 1. The Labute approximate surface area is 160 Å². The summed E-state index contributed by atoms with van der Waals surface area (Å²) in [6.07, 6.45) is 3.03. The second kappa shape index (κ2) is 8.22. The standard InChI is InChI=1S/C19H19N3O4S/c1-2-11-3-5-13(20-10-11)9-17(24)21-14-7-12(4-6-15(14)23)8-16-18(25)22-19(26)27-16/h3-7,10,16,23H,2,8-9H2,1H3,(H,21,24)(H,22,25,26). The highest BCUT2D eigenvalue weighted by atomic mass is 32.2. The summed E-state index contributed by atoms with van der Waals surface area (Å²) < 4.78 is 0. The van der Waals surface area contributed by atoms with Gasteiger partial charge in [-0.3, -0.25) is 24.7 Å². The third kappa shape index (κ3) is 4.85. The smallest absolute Gasteiger partial charge is 0.286 e. The van der Waals surface area contributed by atoms with E-state index >= 15 is 0 Å². The summed E-state index contributed by atoms with van der Waals surface area (Å²) in [4.78, 5) is 39.5. The van der Waals surface area contributed by atoms with Gasteiger partial charge in [-0.25, -0.2) is 0 Å². The van der Waals surface area contributed by atoms with Crippen LogP contribution >= 0.6 is 11.8 Å². The fraction of sp³-hybridized carbons (Fsp3) is 0.263. The van der Waals surface area contributed by atoms with E-state index in [4.69, 9.17) is 0 Å². The van der Waals surface area contributed by atoms with Crippen LogP contribution in [0, 0.1) is 0 Å². The number of carbonyl (C=O) groups excluding carboxylic acids is 3. The number of hydrogen-bond acceptors (Lipinski definition) is 6. The Bertz CT molecular complexity index is 883. The molecule has 0 radical (unpaired) electrons. The lowest BCUT2D eigenvalue weighted by Crippen LogP contribution is -2.25. The zero-order valence-electron chi connectivity index (χ0n) is 14.7. The molecule has 1 fully saturated rings. The van der Waals surface area contributed by atoms with Gasteiger partial charge in [-0.1, -0.05) is 30.8 Å². The summed E-state index contributed by atoms with van der Waals surface area (Å²) in [5, 5.41) is 14.0. The van der Waals surface area contributed by atoms with Crippen LogP contribution in [-0.2, 0) is 28.9 Å². The Kier molecular flexibility index (Phi) is 5.75. The normalized spacial score (nSPS) is 16.3. The Morgan fingerprint density at radius 2 is 2.04 bits per heavy atom. The molecule has 1 aromatic carbocycles. The van der Waals surface area contributed by atoms with Crippen molar-refractivity contribution in [1.29, 1.82) is 0 Å². The molecule has 27 heavy (non-hydrogen) atoms. The van der Waals surface area contributed by atoms with E-state index in [0.717, 1.165) is 29.3 Å². The molecule has 2 heterocycles. The fourth-order valence-electron chi connectivity index (χ4n) is 2.68. The number of nitrogens with one attached hydrogen (secondary N) is 2. The molecule has 1 aliphatic heterocycles. The molecule has 3 N–H and O–H groups in total. The van der Waals surface area contributed by atoms with Gasteiger partial charge >= 0.3 is 0 Å². The van der Waals surface area contributed by atoms with Crippen LogP contribution in [0.3, 0.4) is 0 Å². The van der Waals surface area contributed by atoms with Crippen LogP contribution in [-0.4, -0.2) is 32.4 Å². The van der Waals surface area contributed by atoms with Crippen molar-refractivity contribution < 1.29 is 19.5 Å². The van der Waals surface area contributed by atoms with Gasteiger partial charge in [0.1, 0.15) is 5.75 Å². The quantitative estimate of drug-likeness (QED) is 0.659. The first-order chi connectivity index (χ1) is 12.9. The maximum atomic E-state index is 12.3. The number of anilines is 1. The van der Waals surface area contributed by atoms with E-state index in [2.05, 4.69) is 15.6 Å². The zero-order chi connectivity index (χ0) is 19.4. The lowest BCUT2D eigenvalue weighted by atomic mass is 10.1. The van der Waals surface area contributed by atoms with E-state index in [-0.39, 0.29) is 34.9 Å². The summed E-state index contributed by atoms with van der Waals surface area (Å²) in [6.45, 7) is 2.03. The van der Waals surface area contributed by atoms with Crippen molar-refractivity contribution in [2.75, 3.05) is 5.32 Å². The summed E-state index contributed by atoms with van der Waals surface area (Å²) in [5.74, 6) is -0.700. The second-order valence-corrected chi connectivity index (χ2v) is 7.35. The number of hydrogen-bond donors (Lipinski definition) is 3. The fourth-order valence-corrected chi connectivity index (χ4v) is 3.54. The van der Waals surface area contributed by atoms with Crippen molar-refractivity contribution in [3.8, 4) is 5.75 Å². The van der Waals surface area contributed by atoms with Crippen molar-refractivity contribution in [2.45, 2.75) is 31.4 Å². The van der Waals surface area contributed by atoms with Crippen molar-refractivity contribution >= 4 is 34.5 Å². The zero-order valence-corrected chi connectivity index (χ0v) is 15.5. The molecule has 1 aromatic heterocycles. The van der Waals surface area contributed by atoms with Crippen molar-refractivity contribution in [1.82, 2.24) is 10.3 Å². The van der Waals surface area contributed by atoms with E-state index < -0.39 is 5.25 Å². The minimum atomic E-state index is -0.508. The third-order valence-electron chi connectivity index (χ3n) is 4.16. The van der Waals surface area contributed by atoms with Gasteiger partial charge in [0.2, 0.25) is 11.8 Å². The molecule has 0 spiro atoms. The SMILES string of the molecule is CCc1ccc(CC(=O)Nc2cc(CC3SC(=O)NC3=O)ccc2O)nc1. The van der Waals surface area contributed by atoms with Crippen molar-refractivity contribution in [2.24, 2.45) is 0 Å². The lowest BCUT2D eigenvalue weighted by Gasteiger charge is -2.11. The first-order valence-corrected chi connectivity index (χ1v) is 9.39. The number of pyridine rings is 1. The molecule has 3 amide bonds. The molecule has 1 aliphatic rings. The Hall–Kier alpha value is -2.87. The molecular weight excluding hydrogens is 366 g/mol. The number of carbonyl (C=O) groups is 3. The number of amides is 3. The number of aryl methyl sites for hydroxylation is 1. The maximum absolute atomic E-state index is 12.3. The predicted octanol–water partition coefficient (Wildman–Crippen LogP) is 2.42. The Morgan fingerprint density at radius 3 is 2.67 bits per heavy atom. The van der Waals surface area contributed by atoms with Gasteiger partial charge in [0.15, 0.2) is 0 Å². The molecule has 3 rings (SSSR count). The van der Waals surface area contributed by atoms with E-state index in [1.165, 1.54) is 6.07 Å². The molecule has 7 nitrogen and oxygen atoms in total. The monoisotopic (exact) mass is 385 g/mol. The molecule has 1 saturated heterocycles. The van der Waals surface area contributed by atoms with Crippen LogP contribution in [0.5, 0.6) is 5.75 Å². The van der Waals surface area contributed by atoms with E-state index in [1.807, 2.05) is 19.1 Å². The number of phenols is 1. The molecule has 0 aliphatic carbocycles. The molecule has 140 valence electrons. The van der Waals surface area contributed by atoms with Crippen LogP contribution in [0.4, 0.5) is 10.5 Å². The average molecular weight is 385 g/mol. The predicted molar refractivity (Wildman–Crippen MR) is 103 cm³/mol. The Morgan fingerprint density at radius 1 is 1.26 bits per heavy atom. The number of benzene rings is 1. The largest absolute Gasteiger partial charge is 0.506 e. The van der Waals surface area contributed by atoms with Gasteiger partial charge in [0.05, 0.1) is 17.4 Å². The molecule has 1 unspecified atom stereocenters. The number of rotatable bonds is 6. The maximum Gasteiger partial charge on any atom is 0.286 e. The van der Waals surface area contributed by atoms with Crippen LogP contribution in [0.15, 0.2) is 36.5 Å². The highest BCUT2D eigenvalue weighted by Gasteiger charge is 2.31. The molecule has 2 aromatic rings. The molecular formula is C19H19N3O4S. The van der Waals surface area contributed by atoms with Crippen LogP contribution in [0.2, 0.25) is 0 Å². The third-order valence-corrected chi connectivity index (χ3v) is 5.14. The van der Waals surface area contributed by atoms with Gasteiger partial charge < -0.3 is 10.4 Å². The van der Waals surface area contributed by atoms with E-state index in [1.54, 1.807) is 18.3 Å². The molecule has 8 heteroatoms. The first-order valence-electron chi connectivity index (χ1n) is 8.51. The van der Waals surface area contributed by atoms with Crippen LogP contribution in [0.1, 0.15) is 23.7 Å². The van der Waals surface area contributed by atoms with Crippen molar-refractivity contribution in [3.63, 3.8) is 0 Å². The summed E-state index contributed by atoms with van der Waals surface area (Å²) in [6, 6.07) is 8.46. The number of thioether (sulfide) groups is 1. The summed E-state index contributed by atoms with van der Waals surface area (Å²) in [7, 11) is 0. The first kappa shape index (κ1) is 18.9. The average Bonchev–Trinajstić information content (AvgIpc) is 2.95. The van der Waals surface area contributed by atoms with E-state index in [9.17, 15) is 19.5 Å². The second-order valence-electron chi connectivity index (χ2n) is 6.18. The minimum Gasteiger partial charge on any atom is -0.506 e. The summed E-state index contributed by atoms with van der Waals surface area (Å²) in [5.41, 5.74) is 2.72. The lowest BCUT2D eigenvalue weighted by molar-refractivity contribution is -0.119. The number of phenolic OH excluding ortho intramolecular Hbond substituents is 1. The van der Waals surface area contributed by atoms with Gasteiger partial charge in [0.25, 0.3) is 5.24 Å². The van der Waals surface area contributed by atoms with Crippen LogP contribution < -0.4 is 10.6 Å². The molecule has 0 saturated carbocycles. The Balaban J connectivity index is 1.65. The molecule has 0 bridgehead atoms. The summed E-state index contributed by atoms with van der Waals surface area (Å²) >= 11 is 0.939. The highest BCUT2D eigenvalue weighted by Crippen LogP contribution is 2.28. The topological polar surface area (TPSA) is 108 Å². The van der Waals surface area contributed by atoms with Gasteiger partial charge in [-0.05, 0) is 42.2 Å². The highest BCUT2D eigenvalue weighted by molar-refractivity contribution is 8.15. The van der Waals surface area contributed by atoms with Crippen molar-refractivity contribution in [3.05, 3.63) is 53.3 Å². The van der Waals surface area contributed by atoms with Gasteiger partial charge in [0, 0.05) is 11.9 Å². The van der Waals surface area contributed by atoms with E-state index in [0.29, 0.717) is 12.1 Å². The van der Waals surface area contributed by atoms with Gasteiger partial charge in [-0.15, -0.1) is 0 Å². The molecule has 1 atom stereocenters. The number of aromatic hydroxyl groups is 1. The van der Waals surface area contributed by atoms with Gasteiger partial charge in [-0.2, -0.15) is 0 Å². The minimum absolute atomic E-state index is 0.0685. The number of nitrogens with zero attached hydrogens (tertiary/aromatic N) is 1.